The van der Waals surface area contributed by atoms with Crippen molar-refractivity contribution in [1.82, 2.24) is 10.2 Å². The van der Waals surface area contributed by atoms with Crippen LogP contribution >= 0.6 is 23.2 Å². The van der Waals surface area contributed by atoms with Gasteiger partial charge in [-0.05, 0) is 35.4 Å². The van der Waals surface area contributed by atoms with Gasteiger partial charge in [-0.2, -0.15) is 0 Å². The number of anilines is 1. The zero-order valence-corrected chi connectivity index (χ0v) is 18.3. The summed E-state index contributed by atoms with van der Waals surface area (Å²) in [5, 5.41) is 6.76. The van der Waals surface area contributed by atoms with Crippen molar-refractivity contribution in [1.29, 1.82) is 0 Å². The summed E-state index contributed by atoms with van der Waals surface area (Å²) in [6.45, 7) is 4.80. The molecule has 2 aromatic carbocycles. The van der Waals surface area contributed by atoms with E-state index in [0.717, 1.165) is 30.8 Å². The van der Waals surface area contributed by atoms with E-state index in [9.17, 15) is 9.59 Å². The lowest BCUT2D eigenvalue weighted by Crippen LogP contribution is -2.47. The Morgan fingerprint density at radius 2 is 1.97 bits per heavy atom. The van der Waals surface area contributed by atoms with Crippen molar-refractivity contribution >= 4 is 40.7 Å². The highest BCUT2D eigenvalue weighted by molar-refractivity contribution is 6.42. The molecule has 2 N–H and O–H groups in total. The van der Waals surface area contributed by atoms with Gasteiger partial charge in [0.25, 0.3) is 0 Å². The van der Waals surface area contributed by atoms with E-state index in [1.54, 1.807) is 18.2 Å². The molecule has 2 amide bonds. The molecule has 1 saturated heterocycles. The summed E-state index contributed by atoms with van der Waals surface area (Å²) in [5.74, 6) is -0.225. The fourth-order valence-corrected chi connectivity index (χ4v) is 3.70. The fraction of sp³-hybridized carbons (Fsp3) is 0.364. The first kappa shape index (κ1) is 22.6. The lowest BCUT2D eigenvalue weighted by molar-refractivity contribution is -0.121. The van der Waals surface area contributed by atoms with E-state index in [2.05, 4.69) is 15.5 Å². The van der Waals surface area contributed by atoms with Gasteiger partial charge >= 0.3 is 0 Å². The Morgan fingerprint density at radius 1 is 1.13 bits per heavy atom. The molecule has 2 aromatic rings. The Morgan fingerprint density at radius 3 is 2.73 bits per heavy atom. The Balaban J connectivity index is 1.46. The minimum absolute atomic E-state index is 0.0730. The molecule has 8 heteroatoms. The molecular weight excluding hydrogens is 425 g/mol. The smallest absolute Gasteiger partial charge is 0.224 e. The second-order valence-corrected chi connectivity index (χ2v) is 8.15. The first-order chi connectivity index (χ1) is 14.4. The van der Waals surface area contributed by atoms with Crippen LogP contribution in [-0.2, 0) is 27.3 Å². The number of halogens is 2. The van der Waals surface area contributed by atoms with Gasteiger partial charge in [-0.1, -0.05) is 41.4 Å². The summed E-state index contributed by atoms with van der Waals surface area (Å²) in [7, 11) is 0. The first-order valence-electron chi connectivity index (χ1n) is 9.80. The third-order valence-electron chi connectivity index (χ3n) is 4.75. The van der Waals surface area contributed by atoms with E-state index in [4.69, 9.17) is 27.9 Å². The van der Waals surface area contributed by atoms with Crippen molar-refractivity contribution in [2.75, 3.05) is 31.6 Å². The maximum absolute atomic E-state index is 12.3. The Hall–Kier alpha value is -2.12. The highest BCUT2D eigenvalue weighted by Crippen LogP contribution is 2.23. The molecule has 30 heavy (non-hydrogen) atoms. The van der Waals surface area contributed by atoms with Gasteiger partial charge in [0.2, 0.25) is 11.8 Å². The number of rotatable bonds is 7. The maximum atomic E-state index is 12.3. The number of carbonyl (C=O) groups is 2. The zero-order valence-electron chi connectivity index (χ0n) is 16.8. The van der Waals surface area contributed by atoms with E-state index < -0.39 is 0 Å². The van der Waals surface area contributed by atoms with Crippen LogP contribution in [0.1, 0.15) is 18.1 Å². The van der Waals surface area contributed by atoms with Crippen molar-refractivity contribution in [3.05, 3.63) is 63.6 Å². The van der Waals surface area contributed by atoms with Crippen molar-refractivity contribution in [3.8, 4) is 0 Å². The number of amides is 2. The quantitative estimate of drug-likeness (QED) is 0.678. The number of hydrogen-bond donors (Lipinski definition) is 2. The largest absolute Gasteiger partial charge is 0.374 e. The minimum Gasteiger partial charge on any atom is -0.374 e. The highest BCUT2D eigenvalue weighted by atomic mass is 35.5. The van der Waals surface area contributed by atoms with Crippen LogP contribution in [0, 0.1) is 0 Å². The Bertz CT molecular complexity index is 907. The van der Waals surface area contributed by atoms with Gasteiger partial charge in [0.05, 0.1) is 29.2 Å². The third-order valence-corrected chi connectivity index (χ3v) is 5.49. The van der Waals surface area contributed by atoms with Gasteiger partial charge in [-0.25, -0.2) is 0 Å². The van der Waals surface area contributed by atoms with Crippen LogP contribution in [0.25, 0.3) is 0 Å². The molecule has 0 spiro atoms. The summed E-state index contributed by atoms with van der Waals surface area (Å²) in [6, 6.07) is 12.9. The summed E-state index contributed by atoms with van der Waals surface area (Å²) in [4.78, 5) is 25.8. The molecule has 6 nitrogen and oxygen atoms in total. The molecule has 1 fully saturated rings. The number of nitrogens with one attached hydrogen (secondary N) is 2. The molecule has 0 bridgehead atoms. The van der Waals surface area contributed by atoms with Crippen LogP contribution in [0.15, 0.2) is 42.5 Å². The molecule has 0 saturated carbocycles. The predicted octanol–water partition coefficient (Wildman–Crippen LogP) is 3.51. The van der Waals surface area contributed by atoms with Crippen molar-refractivity contribution in [2.45, 2.75) is 26.0 Å². The molecule has 1 heterocycles. The Kier molecular flexibility index (Phi) is 8.10. The average molecular weight is 450 g/mol. The molecule has 0 radical (unpaired) electrons. The van der Waals surface area contributed by atoms with Gasteiger partial charge < -0.3 is 15.4 Å². The summed E-state index contributed by atoms with van der Waals surface area (Å²) < 4.78 is 5.80. The van der Waals surface area contributed by atoms with Crippen LogP contribution in [0.4, 0.5) is 5.69 Å². The van der Waals surface area contributed by atoms with Gasteiger partial charge in [-0.3, -0.25) is 14.5 Å². The summed E-state index contributed by atoms with van der Waals surface area (Å²) >= 11 is 12.1. The van der Waals surface area contributed by atoms with Crippen LogP contribution in [-0.4, -0.2) is 49.1 Å². The molecule has 0 aromatic heterocycles. The van der Waals surface area contributed by atoms with E-state index >= 15 is 0 Å². The summed E-state index contributed by atoms with van der Waals surface area (Å²) in [5.41, 5.74) is 2.61. The second kappa shape index (κ2) is 10.8. The topological polar surface area (TPSA) is 70.7 Å². The first-order valence-corrected chi connectivity index (χ1v) is 10.6. The number of morpholine rings is 1. The van der Waals surface area contributed by atoms with Crippen LogP contribution < -0.4 is 10.6 Å². The van der Waals surface area contributed by atoms with E-state index in [1.807, 2.05) is 24.3 Å². The highest BCUT2D eigenvalue weighted by Gasteiger charge is 2.21. The molecular formula is C22H25Cl2N3O3. The van der Waals surface area contributed by atoms with Crippen molar-refractivity contribution in [2.24, 2.45) is 0 Å². The lowest BCUT2D eigenvalue weighted by Gasteiger charge is -2.33. The summed E-state index contributed by atoms with van der Waals surface area (Å²) in [6.07, 6.45) is 0.170. The van der Waals surface area contributed by atoms with Crippen molar-refractivity contribution in [3.63, 3.8) is 0 Å². The maximum Gasteiger partial charge on any atom is 0.224 e. The van der Waals surface area contributed by atoms with Crippen LogP contribution in [0.3, 0.4) is 0 Å². The minimum atomic E-state index is -0.142. The normalized spacial score (nSPS) is 16.8. The fourth-order valence-electron chi connectivity index (χ4n) is 3.38. The number of ether oxygens (including phenoxy) is 1. The van der Waals surface area contributed by atoms with Gasteiger partial charge in [0, 0.05) is 38.8 Å². The number of nitrogens with zero attached hydrogens (tertiary/aromatic N) is 1. The molecule has 1 atom stereocenters. The number of hydrogen-bond acceptors (Lipinski definition) is 4. The SMILES string of the molecule is CC(=O)Nc1cccc(CC(=O)NC[C@H]2CN(Cc3ccc(Cl)c(Cl)c3)CCO2)c1. The van der Waals surface area contributed by atoms with Gasteiger partial charge in [-0.15, -0.1) is 0 Å². The molecule has 1 aliphatic heterocycles. The molecule has 0 unspecified atom stereocenters. The van der Waals surface area contributed by atoms with E-state index in [-0.39, 0.29) is 24.3 Å². The third kappa shape index (κ3) is 6.99. The molecule has 160 valence electrons. The van der Waals surface area contributed by atoms with Crippen LogP contribution in [0.5, 0.6) is 0 Å². The van der Waals surface area contributed by atoms with Gasteiger partial charge in [0.15, 0.2) is 0 Å². The van der Waals surface area contributed by atoms with Crippen LogP contribution in [0.2, 0.25) is 10.0 Å². The monoisotopic (exact) mass is 449 g/mol. The van der Waals surface area contributed by atoms with Crippen molar-refractivity contribution < 1.29 is 14.3 Å². The standard InChI is InChI=1S/C22H25Cl2N3O3/c1-15(28)26-18-4-2-3-16(9-18)11-22(29)25-12-19-14-27(7-8-30-19)13-17-5-6-20(23)21(24)10-17/h2-6,9-10,19H,7-8,11-14H2,1H3,(H,25,29)(H,26,28)/t19-/m0/s1. The Labute approximate surface area is 186 Å². The van der Waals surface area contributed by atoms with E-state index in [1.165, 1.54) is 6.92 Å². The molecule has 0 aliphatic carbocycles. The second-order valence-electron chi connectivity index (χ2n) is 7.34. The molecule has 1 aliphatic rings. The zero-order chi connectivity index (χ0) is 21.5. The average Bonchev–Trinajstić information content (AvgIpc) is 2.69. The lowest BCUT2D eigenvalue weighted by atomic mass is 10.1. The number of carbonyl (C=O) groups excluding carboxylic acids is 2. The van der Waals surface area contributed by atoms with E-state index in [0.29, 0.717) is 28.9 Å². The number of benzene rings is 2. The molecule has 3 rings (SSSR count). The van der Waals surface area contributed by atoms with Gasteiger partial charge in [0.1, 0.15) is 0 Å². The predicted molar refractivity (Wildman–Crippen MR) is 119 cm³/mol.